The molecule has 0 fully saturated rings. The molecule has 0 spiro atoms. The second kappa shape index (κ2) is 5.78. The third-order valence-corrected chi connectivity index (χ3v) is 4.05. The molecule has 0 aliphatic carbocycles. The average molecular weight is 328 g/mol. The van der Waals surface area contributed by atoms with Gasteiger partial charge in [-0.1, -0.05) is 35.0 Å². The van der Waals surface area contributed by atoms with Crippen molar-refractivity contribution in [2.45, 2.75) is 6.92 Å². The van der Waals surface area contributed by atoms with Gasteiger partial charge in [0.1, 0.15) is 0 Å². The summed E-state index contributed by atoms with van der Waals surface area (Å²) in [5.74, 6) is -0.528. The van der Waals surface area contributed by atoms with Crippen LogP contribution in [0.3, 0.4) is 0 Å². The van der Waals surface area contributed by atoms with Gasteiger partial charge in [-0.15, -0.1) is 0 Å². The number of fused-ring (bicyclic) bond motifs is 1. The molecule has 1 heterocycles. The largest absolute Gasteiger partial charge is 0.411 e. The Morgan fingerprint density at radius 1 is 1.26 bits per heavy atom. The number of nitrogens with two attached hydrogens (primary N) is 1. The van der Waals surface area contributed by atoms with E-state index in [-0.39, 0.29) is 0 Å². The molecule has 23 heavy (non-hydrogen) atoms. The number of carbonyl (C=O) groups is 1. The summed E-state index contributed by atoms with van der Waals surface area (Å²) < 4.78 is 1.90. The second-order valence-corrected chi connectivity index (χ2v) is 5.55. The number of hydrogen-bond acceptors (Lipinski definition) is 3. The summed E-state index contributed by atoms with van der Waals surface area (Å²) in [6.07, 6.45) is 1.85. The Labute approximate surface area is 137 Å². The van der Waals surface area contributed by atoms with E-state index in [0.717, 1.165) is 16.5 Å². The van der Waals surface area contributed by atoms with E-state index < -0.39 is 5.91 Å². The number of oxime groups is 1. The Bertz CT molecular complexity index is 944. The molecule has 3 rings (SSSR count). The van der Waals surface area contributed by atoms with Crippen molar-refractivity contribution in [2.24, 2.45) is 10.9 Å². The lowest BCUT2D eigenvalue weighted by atomic mass is 10.1. The fourth-order valence-electron chi connectivity index (χ4n) is 2.58. The van der Waals surface area contributed by atoms with Crippen LogP contribution in [-0.4, -0.2) is 21.4 Å². The van der Waals surface area contributed by atoms with E-state index in [1.165, 1.54) is 0 Å². The minimum absolute atomic E-state index is 0.350. The molecule has 0 unspecified atom stereocenters. The summed E-state index contributed by atoms with van der Waals surface area (Å²) in [5, 5.41) is 13.7. The van der Waals surface area contributed by atoms with Crippen molar-refractivity contribution in [1.29, 1.82) is 0 Å². The molecule has 116 valence electrons. The van der Waals surface area contributed by atoms with Gasteiger partial charge in [-0.25, -0.2) is 0 Å². The monoisotopic (exact) mass is 327 g/mol. The first kappa shape index (κ1) is 15.1. The lowest BCUT2D eigenvalue weighted by Crippen LogP contribution is -2.11. The number of halogens is 1. The SMILES string of the molecule is C/C(=N\O)c1cn(-c2ccc(C(N)=O)cc2Cl)c2ccccc12. The van der Waals surface area contributed by atoms with Gasteiger partial charge in [-0.05, 0) is 31.2 Å². The van der Waals surface area contributed by atoms with Crippen molar-refractivity contribution in [2.75, 3.05) is 0 Å². The minimum atomic E-state index is -0.528. The zero-order valence-electron chi connectivity index (χ0n) is 12.3. The van der Waals surface area contributed by atoms with Gasteiger partial charge >= 0.3 is 0 Å². The van der Waals surface area contributed by atoms with Crippen LogP contribution in [0.4, 0.5) is 0 Å². The highest BCUT2D eigenvalue weighted by atomic mass is 35.5. The number of amides is 1. The van der Waals surface area contributed by atoms with Gasteiger partial charge in [-0.2, -0.15) is 0 Å². The van der Waals surface area contributed by atoms with Crippen LogP contribution in [0.15, 0.2) is 53.8 Å². The van der Waals surface area contributed by atoms with E-state index in [0.29, 0.717) is 22.0 Å². The molecular weight excluding hydrogens is 314 g/mol. The highest BCUT2D eigenvalue weighted by molar-refractivity contribution is 6.33. The number of para-hydroxylation sites is 1. The fraction of sp³-hybridized carbons (Fsp3) is 0.0588. The Balaban J connectivity index is 2.27. The molecule has 2 aromatic carbocycles. The van der Waals surface area contributed by atoms with E-state index in [1.54, 1.807) is 25.1 Å². The van der Waals surface area contributed by atoms with Crippen LogP contribution < -0.4 is 5.73 Å². The topological polar surface area (TPSA) is 80.6 Å². The number of nitrogens with zero attached hydrogens (tertiary/aromatic N) is 2. The third kappa shape index (κ3) is 2.55. The molecule has 0 aliphatic rings. The summed E-state index contributed by atoms with van der Waals surface area (Å²) in [4.78, 5) is 11.3. The van der Waals surface area contributed by atoms with E-state index in [4.69, 9.17) is 22.5 Å². The van der Waals surface area contributed by atoms with Crippen molar-refractivity contribution < 1.29 is 10.0 Å². The molecule has 0 saturated heterocycles. The molecule has 1 aromatic heterocycles. The maximum atomic E-state index is 11.3. The molecule has 0 radical (unpaired) electrons. The fourth-order valence-corrected chi connectivity index (χ4v) is 2.85. The number of primary amides is 1. The quantitative estimate of drug-likeness (QED) is 0.438. The van der Waals surface area contributed by atoms with Gasteiger partial charge in [0.25, 0.3) is 0 Å². The molecule has 3 N–H and O–H groups in total. The van der Waals surface area contributed by atoms with Crippen LogP contribution in [0.2, 0.25) is 5.02 Å². The molecule has 0 atom stereocenters. The predicted octanol–water partition coefficient (Wildman–Crippen LogP) is 3.58. The van der Waals surface area contributed by atoms with Crippen molar-refractivity contribution in [3.63, 3.8) is 0 Å². The number of aromatic nitrogens is 1. The van der Waals surface area contributed by atoms with Crippen LogP contribution in [0.25, 0.3) is 16.6 Å². The van der Waals surface area contributed by atoms with Gasteiger partial charge in [0.15, 0.2) is 0 Å². The average Bonchev–Trinajstić information content (AvgIpc) is 2.93. The Kier molecular flexibility index (Phi) is 3.80. The lowest BCUT2D eigenvalue weighted by Gasteiger charge is -2.08. The smallest absolute Gasteiger partial charge is 0.248 e. The summed E-state index contributed by atoms with van der Waals surface area (Å²) >= 11 is 6.32. The summed E-state index contributed by atoms with van der Waals surface area (Å²) in [7, 11) is 0. The van der Waals surface area contributed by atoms with Crippen LogP contribution in [0, 0.1) is 0 Å². The Hall–Kier alpha value is -2.79. The zero-order chi connectivity index (χ0) is 16.6. The van der Waals surface area contributed by atoms with E-state index in [1.807, 2.05) is 35.0 Å². The molecule has 3 aromatic rings. The molecule has 6 heteroatoms. The minimum Gasteiger partial charge on any atom is -0.411 e. The van der Waals surface area contributed by atoms with E-state index >= 15 is 0 Å². The highest BCUT2D eigenvalue weighted by Crippen LogP contribution is 2.29. The maximum absolute atomic E-state index is 11.3. The van der Waals surface area contributed by atoms with Crippen LogP contribution in [-0.2, 0) is 0 Å². The molecule has 1 amide bonds. The van der Waals surface area contributed by atoms with Gasteiger partial charge in [0, 0.05) is 22.7 Å². The first-order chi connectivity index (χ1) is 11.0. The van der Waals surface area contributed by atoms with Crippen molar-refractivity contribution in [3.8, 4) is 5.69 Å². The normalized spacial score (nSPS) is 11.8. The van der Waals surface area contributed by atoms with E-state index in [9.17, 15) is 4.79 Å². The van der Waals surface area contributed by atoms with Gasteiger partial charge in [0.2, 0.25) is 5.91 Å². The molecular formula is C17H14ClN3O2. The van der Waals surface area contributed by atoms with Crippen LogP contribution in [0.1, 0.15) is 22.8 Å². The number of benzene rings is 2. The van der Waals surface area contributed by atoms with Gasteiger partial charge in [0.05, 0.1) is 21.9 Å². The highest BCUT2D eigenvalue weighted by Gasteiger charge is 2.14. The first-order valence-corrected chi connectivity index (χ1v) is 7.29. The molecule has 5 nitrogen and oxygen atoms in total. The standard InChI is InChI=1S/C17H14ClN3O2/c1-10(20-23)13-9-21(15-5-3-2-4-12(13)15)16-7-6-11(17(19)22)8-14(16)18/h2-9,23H,1H3,(H2,19,22)/b20-10+. The predicted molar refractivity (Wildman–Crippen MR) is 90.8 cm³/mol. The molecule has 0 bridgehead atoms. The number of rotatable bonds is 3. The summed E-state index contributed by atoms with van der Waals surface area (Å²) in [5.41, 5.74) is 8.56. The van der Waals surface area contributed by atoms with Crippen molar-refractivity contribution in [3.05, 3.63) is 64.8 Å². The number of hydrogen-bond donors (Lipinski definition) is 2. The van der Waals surface area contributed by atoms with Crippen molar-refractivity contribution in [1.82, 2.24) is 4.57 Å². The second-order valence-electron chi connectivity index (χ2n) is 5.15. The third-order valence-electron chi connectivity index (χ3n) is 3.74. The first-order valence-electron chi connectivity index (χ1n) is 6.91. The number of carbonyl (C=O) groups excluding carboxylic acids is 1. The summed E-state index contributed by atoms with van der Waals surface area (Å²) in [6, 6.07) is 12.6. The zero-order valence-corrected chi connectivity index (χ0v) is 13.1. The van der Waals surface area contributed by atoms with Crippen LogP contribution in [0.5, 0.6) is 0 Å². The van der Waals surface area contributed by atoms with Gasteiger partial charge < -0.3 is 15.5 Å². The Morgan fingerprint density at radius 3 is 2.65 bits per heavy atom. The Morgan fingerprint density at radius 2 is 2.00 bits per heavy atom. The lowest BCUT2D eigenvalue weighted by molar-refractivity contribution is 0.100. The van der Waals surface area contributed by atoms with Gasteiger partial charge in [-0.3, -0.25) is 4.79 Å². The maximum Gasteiger partial charge on any atom is 0.248 e. The van der Waals surface area contributed by atoms with Crippen molar-refractivity contribution >= 4 is 34.1 Å². The molecule has 0 aliphatic heterocycles. The van der Waals surface area contributed by atoms with Crippen LogP contribution >= 0.6 is 11.6 Å². The van der Waals surface area contributed by atoms with E-state index in [2.05, 4.69) is 5.16 Å². The molecule has 0 saturated carbocycles. The summed E-state index contributed by atoms with van der Waals surface area (Å²) in [6.45, 7) is 1.73.